The minimum atomic E-state index is -1.85. The van der Waals surface area contributed by atoms with Crippen molar-refractivity contribution in [3.05, 3.63) is 18.3 Å². The number of hydrogen-bond donors (Lipinski definition) is 1. The molecule has 1 rings (SSSR count). The van der Waals surface area contributed by atoms with E-state index in [1.807, 2.05) is 0 Å². The number of pyridine rings is 1. The second-order valence-corrected chi connectivity index (χ2v) is 11.4. The third-order valence-electron chi connectivity index (χ3n) is 3.82. The highest BCUT2D eigenvalue weighted by Crippen LogP contribution is 2.37. The van der Waals surface area contributed by atoms with Crippen LogP contribution in [-0.4, -0.2) is 39.7 Å². The smallest absolute Gasteiger partial charge is 0.192 e. The van der Waals surface area contributed by atoms with Gasteiger partial charge in [0.25, 0.3) is 0 Å². The van der Waals surface area contributed by atoms with E-state index in [0.29, 0.717) is 24.8 Å². The molecule has 1 atom stereocenters. The van der Waals surface area contributed by atoms with Gasteiger partial charge in [-0.05, 0) is 30.3 Å². The summed E-state index contributed by atoms with van der Waals surface area (Å²) in [5.41, 5.74) is 5.56. The van der Waals surface area contributed by atoms with Crippen LogP contribution in [0.2, 0.25) is 18.1 Å². The Bertz CT molecular complexity index is 430. The minimum Gasteiger partial charge on any atom is -0.489 e. The molecule has 0 aliphatic carbocycles. The van der Waals surface area contributed by atoms with E-state index in [1.54, 1.807) is 25.4 Å². The van der Waals surface area contributed by atoms with Gasteiger partial charge in [0.2, 0.25) is 0 Å². The minimum absolute atomic E-state index is 0.0894. The number of ether oxygens (including phenoxy) is 2. The molecule has 120 valence electrons. The van der Waals surface area contributed by atoms with E-state index < -0.39 is 8.32 Å². The van der Waals surface area contributed by atoms with Gasteiger partial charge >= 0.3 is 0 Å². The van der Waals surface area contributed by atoms with Gasteiger partial charge in [-0.25, -0.2) is 4.98 Å². The lowest BCUT2D eigenvalue weighted by atomic mass is 10.2. The van der Waals surface area contributed by atoms with Crippen molar-refractivity contribution in [2.75, 3.05) is 26.1 Å². The topological polar surface area (TPSA) is 66.6 Å². The lowest BCUT2D eigenvalue weighted by molar-refractivity contribution is 0.0397. The van der Waals surface area contributed by atoms with Crippen molar-refractivity contribution in [2.24, 2.45) is 0 Å². The van der Waals surface area contributed by atoms with Crippen LogP contribution in [0.25, 0.3) is 0 Å². The molecule has 0 fully saturated rings. The highest BCUT2D eigenvalue weighted by Gasteiger charge is 2.39. The Balaban J connectivity index is 2.63. The maximum atomic E-state index is 6.33. The Labute approximate surface area is 128 Å². The van der Waals surface area contributed by atoms with Gasteiger partial charge in [-0.15, -0.1) is 0 Å². The number of nitrogen functional groups attached to an aromatic ring is 1. The van der Waals surface area contributed by atoms with Crippen molar-refractivity contribution in [2.45, 2.75) is 45.0 Å². The summed E-state index contributed by atoms with van der Waals surface area (Å²) in [6.07, 6.45) is 1.53. The number of rotatable bonds is 7. The Kier molecular flexibility index (Phi) is 6.19. The number of nitrogens with two attached hydrogens (primary N) is 1. The highest BCUT2D eigenvalue weighted by atomic mass is 28.4. The van der Waals surface area contributed by atoms with Crippen molar-refractivity contribution >= 4 is 14.1 Å². The fourth-order valence-electron chi connectivity index (χ4n) is 1.56. The molecule has 0 aliphatic rings. The number of methoxy groups -OCH3 is 1. The summed E-state index contributed by atoms with van der Waals surface area (Å²) in [4.78, 5) is 4.01. The first-order valence-corrected chi connectivity index (χ1v) is 10.1. The predicted molar refractivity (Wildman–Crippen MR) is 88.1 cm³/mol. The summed E-state index contributed by atoms with van der Waals surface area (Å²) < 4.78 is 17.3. The van der Waals surface area contributed by atoms with Crippen LogP contribution in [0.1, 0.15) is 20.8 Å². The van der Waals surface area contributed by atoms with Crippen molar-refractivity contribution in [1.29, 1.82) is 0 Å². The zero-order valence-electron chi connectivity index (χ0n) is 14.0. The number of aromatic nitrogens is 1. The first kappa shape index (κ1) is 17.9. The standard InChI is InChI=1S/C15H28N2O3Si/c1-15(2,3)21(5,6)20-13(10-18-4)11-19-12-7-8-14(16)17-9-12/h7-9,13H,10-11H2,1-6H3,(H2,16,17)/t13-/m0/s1. The van der Waals surface area contributed by atoms with Crippen molar-refractivity contribution in [3.63, 3.8) is 0 Å². The van der Waals surface area contributed by atoms with Gasteiger partial charge in [0.1, 0.15) is 24.3 Å². The normalized spacial score (nSPS) is 14.0. The molecule has 0 bridgehead atoms. The Morgan fingerprint density at radius 2 is 1.90 bits per heavy atom. The van der Waals surface area contributed by atoms with Gasteiger partial charge < -0.3 is 19.6 Å². The molecule has 0 saturated carbocycles. The average molecular weight is 312 g/mol. The molecule has 5 nitrogen and oxygen atoms in total. The molecular weight excluding hydrogens is 284 g/mol. The molecule has 0 aliphatic heterocycles. The number of hydrogen-bond acceptors (Lipinski definition) is 5. The molecule has 0 spiro atoms. The molecule has 1 aromatic rings. The molecule has 0 radical (unpaired) electrons. The van der Waals surface area contributed by atoms with Gasteiger partial charge in [0.05, 0.1) is 12.8 Å². The van der Waals surface area contributed by atoms with Gasteiger partial charge in [0, 0.05) is 7.11 Å². The summed E-state index contributed by atoms with van der Waals surface area (Å²) in [5, 5.41) is 0.155. The van der Waals surface area contributed by atoms with Crippen LogP contribution >= 0.6 is 0 Å². The van der Waals surface area contributed by atoms with Gasteiger partial charge in [0.15, 0.2) is 8.32 Å². The average Bonchev–Trinajstić information content (AvgIpc) is 2.36. The SMILES string of the molecule is COC[C@@H](COc1ccc(N)nc1)O[Si](C)(C)C(C)(C)C. The van der Waals surface area contributed by atoms with Crippen LogP contribution in [0.4, 0.5) is 5.82 Å². The molecule has 6 heteroatoms. The molecular formula is C15H28N2O3Si. The predicted octanol–water partition coefficient (Wildman–Crippen LogP) is 3.08. The van der Waals surface area contributed by atoms with Crippen LogP contribution in [0.15, 0.2) is 18.3 Å². The van der Waals surface area contributed by atoms with E-state index in [-0.39, 0.29) is 11.1 Å². The van der Waals surface area contributed by atoms with E-state index in [0.717, 1.165) is 0 Å². The zero-order chi connectivity index (χ0) is 16.1. The summed E-state index contributed by atoms with van der Waals surface area (Å²) in [6, 6.07) is 3.52. The third-order valence-corrected chi connectivity index (χ3v) is 8.35. The Hall–Kier alpha value is -1.11. The number of anilines is 1. The van der Waals surface area contributed by atoms with Gasteiger partial charge in [-0.1, -0.05) is 20.8 Å². The molecule has 1 heterocycles. The van der Waals surface area contributed by atoms with Gasteiger partial charge in [-0.2, -0.15) is 0 Å². The van der Waals surface area contributed by atoms with E-state index in [9.17, 15) is 0 Å². The van der Waals surface area contributed by atoms with E-state index >= 15 is 0 Å². The molecule has 21 heavy (non-hydrogen) atoms. The summed E-state index contributed by atoms with van der Waals surface area (Å²) >= 11 is 0. The summed E-state index contributed by atoms with van der Waals surface area (Å²) in [6.45, 7) is 12.0. The highest BCUT2D eigenvalue weighted by molar-refractivity contribution is 6.74. The maximum Gasteiger partial charge on any atom is 0.192 e. The molecule has 0 unspecified atom stereocenters. The summed E-state index contributed by atoms with van der Waals surface area (Å²) in [7, 11) is -0.175. The Morgan fingerprint density at radius 1 is 1.24 bits per heavy atom. The first-order valence-electron chi connectivity index (χ1n) is 7.17. The van der Waals surface area contributed by atoms with Crippen molar-refractivity contribution in [1.82, 2.24) is 4.98 Å². The molecule has 2 N–H and O–H groups in total. The lowest BCUT2D eigenvalue weighted by Gasteiger charge is -2.39. The Morgan fingerprint density at radius 3 is 2.38 bits per heavy atom. The fraction of sp³-hybridized carbons (Fsp3) is 0.667. The maximum absolute atomic E-state index is 6.33. The molecule has 1 aromatic heterocycles. The van der Waals surface area contributed by atoms with E-state index in [1.165, 1.54) is 0 Å². The zero-order valence-corrected chi connectivity index (χ0v) is 15.0. The lowest BCUT2D eigenvalue weighted by Crippen LogP contribution is -2.46. The monoisotopic (exact) mass is 312 g/mol. The second-order valence-electron chi connectivity index (χ2n) is 6.69. The van der Waals surface area contributed by atoms with Crippen LogP contribution in [0, 0.1) is 0 Å². The largest absolute Gasteiger partial charge is 0.489 e. The van der Waals surface area contributed by atoms with E-state index in [4.69, 9.17) is 19.6 Å². The van der Waals surface area contributed by atoms with E-state index in [2.05, 4.69) is 38.8 Å². The molecule has 0 saturated heterocycles. The molecule has 0 amide bonds. The quantitative estimate of drug-likeness (QED) is 0.784. The summed E-state index contributed by atoms with van der Waals surface area (Å²) in [5.74, 6) is 1.16. The van der Waals surface area contributed by atoms with Gasteiger partial charge in [-0.3, -0.25) is 0 Å². The second kappa shape index (κ2) is 7.24. The van der Waals surface area contributed by atoms with Crippen LogP contribution in [0.3, 0.4) is 0 Å². The van der Waals surface area contributed by atoms with Crippen LogP contribution < -0.4 is 10.5 Å². The van der Waals surface area contributed by atoms with Crippen molar-refractivity contribution < 1.29 is 13.9 Å². The number of nitrogens with zero attached hydrogens (tertiary/aromatic N) is 1. The van der Waals surface area contributed by atoms with Crippen LogP contribution in [0.5, 0.6) is 5.75 Å². The first-order chi connectivity index (χ1) is 9.65. The van der Waals surface area contributed by atoms with Crippen LogP contribution in [-0.2, 0) is 9.16 Å². The fourth-order valence-corrected chi connectivity index (χ4v) is 2.88. The van der Waals surface area contributed by atoms with Crippen molar-refractivity contribution in [3.8, 4) is 5.75 Å². The molecule has 0 aromatic carbocycles. The third kappa shape index (κ3) is 5.65.